The lowest BCUT2D eigenvalue weighted by molar-refractivity contribution is 0.454. The van der Waals surface area contributed by atoms with Gasteiger partial charge in [0.1, 0.15) is 11.5 Å². The molecule has 0 amide bonds. The Kier molecular flexibility index (Phi) is 6.55. The zero-order valence-corrected chi connectivity index (χ0v) is 19.9. The van der Waals surface area contributed by atoms with Crippen LogP contribution in [-0.4, -0.2) is 10.2 Å². The second kappa shape index (κ2) is 9.54. The molecule has 0 aliphatic rings. The summed E-state index contributed by atoms with van der Waals surface area (Å²) in [7, 11) is 0. The van der Waals surface area contributed by atoms with Crippen LogP contribution in [0, 0.1) is 27.7 Å². The highest BCUT2D eigenvalue weighted by Gasteiger charge is 2.19. The molecule has 0 aliphatic carbocycles. The molecule has 0 saturated heterocycles. The quantitative estimate of drug-likeness (QED) is 0.327. The summed E-state index contributed by atoms with van der Waals surface area (Å²) in [5.41, 5.74) is 9.57. The van der Waals surface area contributed by atoms with Gasteiger partial charge in [0.15, 0.2) is 0 Å². The molecule has 0 heterocycles. The van der Waals surface area contributed by atoms with Crippen molar-refractivity contribution in [1.82, 2.24) is 0 Å². The van der Waals surface area contributed by atoms with Crippen LogP contribution in [0.4, 0.5) is 0 Å². The number of rotatable bonds is 6. The van der Waals surface area contributed by atoms with Gasteiger partial charge in [-0.3, -0.25) is 0 Å². The maximum Gasteiger partial charge on any atom is 0.121 e. The molecule has 0 unspecified atom stereocenters. The van der Waals surface area contributed by atoms with Crippen molar-refractivity contribution in [1.29, 1.82) is 0 Å². The Bertz CT molecular complexity index is 1200. The van der Waals surface area contributed by atoms with Crippen molar-refractivity contribution in [2.24, 2.45) is 0 Å². The van der Waals surface area contributed by atoms with E-state index in [1.165, 1.54) is 16.7 Å². The first-order valence-corrected chi connectivity index (χ1v) is 11.6. The van der Waals surface area contributed by atoms with Gasteiger partial charge < -0.3 is 10.2 Å². The Morgan fingerprint density at radius 1 is 0.576 bits per heavy atom. The molecule has 4 rings (SSSR count). The first-order valence-electron chi connectivity index (χ1n) is 11.6. The molecule has 33 heavy (non-hydrogen) atoms. The first kappa shape index (κ1) is 22.7. The fourth-order valence-electron chi connectivity index (χ4n) is 4.82. The number of aryl methyl sites for hydroxylation is 4. The fraction of sp³-hybridized carbons (Fsp3) is 0.226. The topological polar surface area (TPSA) is 40.5 Å². The third-order valence-corrected chi connectivity index (χ3v) is 6.47. The Labute approximate surface area is 197 Å². The summed E-state index contributed by atoms with van der Waals surface area (Å²) in [5.74, 6) is 0.862. The van der Waals surface area contributed by atoms with E-state index in [0.717, 1.165) is 33.4 Å². The van der Waals surface area contributed by atoms with Gasteiger partial charge in [0.25, 0.3) is 0 Å². The van der Waals surface area contributed by atoms with Crippen LogP contribution >= 0.6 is 0 Å². The van der Waals surface area contributed by atoms with Gasteiger partial charge in [-0.2, -0.15) is 0 Å². The van der Waals surface area contributed by atoms with Crippen LogP contribution in [-0.2, 0) is 12.8 Å². The molecule has 0 radical (unpaired) electrons. The number of hydrogen-bond donors (Lipinski definition) is 2. The molecule has 0 saturated carbocycles. The number of phenolic OH excluding ortho intramolecular Hbond substituents is 2. The second-order valence-corrected chi connectivity index (χ2v) is 9.27. The van der Waals surface area contributed by atoms with Gasteiger partial charge >= 0.3 is 0 Å². The van der Waals surface area contributed by atoms with Gasteiger partial charge in [-0.15, -0.1) is 0 Å². The maximum absolute atomic E-state index is 10.8. The van der Waals surface area contributed by atoms with Crippen LogP contribution in [0.2, 0.25) is 0 Å². The molecule has 0 aliphatic heterocycles. The van der Waals surface area contributed by atoms with E-state index in [-0.39, 0.29) is 5.92 Å². The fourth-order valence-corrected chi connectivity index (χ4v) is 4.82. The average Bonchev–Trinajstić information content (AvgIpc) is 2.80. The molecule has 0 bridgehead atoms. The van der Waals surface area contributed by atoms with Crippen LogP contribution < -0.4 is 0 Å². The number of benzene rings is 4. The third kappa shape index (κ3) is 5.12. The maximum atomic E-state index is 10.8. The Hall–Kier alpha value is -3.52. The molecular weight excluding hydrogens is 404 g/mol. The molecule has 2 heteroatoms. The summed E-state index contributed by atoms with van der Waals surface area (Å²) in [5, 5.41) is 21.5. The normalized spacial score (nSPS) is 11.2. The Balaban J connectivity index is 1.73. The predicted molar refractivity (Wildman–Crippen MR) is 137 cm³/mol. The highest BCUT2D eigenvalue weighted by molar-refractivity contribution is 5.63. The molecule has 2 N–H and O–H groups in total. The third-order valence-electron chi connectivity index (χ3n) is 6.47. The molecule has 4 aromatic carbocycles. The van der Waals surface area contributed by atoms with Crippen molar-refractivity contribution >= 4 is 0 Å². The van der Waals surface area contributed by atoms with E-state index in [0.29, 0.717) is 24.3 Å². The predicted octanol–water partition coefficient (Wildman–Crippen LogP) is 7.57. The molecule has 0 fully saturated rings. The van der Waals surface area contributed by atoms with Crippen molar-refractivity contribution in [3.63, 3.8) is 0 Å². The second-order valence-electron chi connectivity index (χ2n) is 9.27. The molecule has 0 atom stereocenters. The van der Waals surface area contributed by atoms with Gasteiger partial charge in [-0.25, -0.2) is 0 Å². The van der Waals surface area contributed by atoms with Gasteiger partial charge in [0, 0.05) is 0 Å². The van der Waals surface area contributed by atoms with E-state index in [2.05, 4.69) is 74.5 Å². The molecule has 4 aromatic rings. The minimum Gasteiger partial charge on any atom is -0.507 e. The van der Waals surface area contributed by atoms with E-state index in [1.807, 2.05) is 32.0 Å². The summed E-state index contributed by atoms with van der Waals surface area (Å²) < 4.78 is 0. The molecule has 168 valence electrons. The summed E-state index contributed by atoms with van der Waals surface area (Å²) in [4.78, 5) is 0. The monoisotopic (exact) mass is 436 g/mol. The van der Waals surface area contributed by atoms with Crippen molar-refractivity contribution in [2.75, 3.05) is 0 Å². The van der Waals surface area contributed by atoms with Gasteiger partial charge in [0.05, 0.1) is 0 Å². The SMILES string of the molecule is Cc1cc(C)c(O)c(CC(Cc2cc(C)cc(C)c2O)c2ccc(-c3ccccc3)cc2)c1. The number of hydrogen-bond acceptors (Lipinski definition) is 2. The highest BCUT2D eigenvalue weighted by Crippen LogP contribution is 2.35. The van der Waals surface area contributed by atoms with Crippen molar-refractivity contribution in [3.8, 4) is 22.6 Å². The lowest BCUT2D eigenvalue weighted by Crippen LogP contribution is -2.08. The van der Waals surface area contributed by atoms with Crippen LogP contribution in [0.1, 0.15) is 44.9 Å². The first-order chi connectivity index (χ1) is 15.8. The molecular formula is C31H32O2. The number of aromatic hydroxyl groups is 2. The standard InChI is InChI=1S/C31H32O2/c1-20-14-22(3)30(32)28(16-20)18-27(19-29-17-21(2)15-23(4)31(29)33)26-12-10-25(11-13-26)24-8-6-5-7-9-24/h5-17,27,32-33H,18-19H2,1-4H3. The summed E-state index contributed by atoms with van der Waals surface area (Å²) in [6, 6.07) is 27.3. The molecule has 0 aromatic heterocycles. The zero-order valence-electron chi connectivity index (χ0n) is 19.9. The van der Waals surface area contributed by atoms with Crippen molar-refractivity contribution in [3.05, 3.63) is 118 Å². The van der Waals surface area contributed by atoms with Crippen molar-refractivity contribution < 1.29 is 10.2 Å². The minimum absolute atomic E-state index is 0.119. The van der Waals surface area contributed by atoms with E-state index in [4.69, 9.17) is 0 Å². The lowest BCUT2D eigenvalue weighted by atomic mass is 9.84. The van der Waals surface area contributed by atoms with E-state index in [1.54, 1.807) is 0 Å². The average molecular weight is 437 g/mol. The minimum atomic E-state index is 0.119. The summed E-state index contributed by atoms with van der Waals surface area (Å²) >= 11 is 0. The summed E-state index contributed by atoms with van der Waals surface area (Å²) in [6.07, 6.45) is 1.40. The zero-order chi connectivity index (χ0) is 23.5. The van der Waals surface area contributed by atoms with Crippen LogP contribution in [0.3, 0.4) is 0 Å². The van der Waals surface area contributed by atoms with Crippen molar-refractivity contribution in [2.45, 2.75) is 46.5 Å². The molecule has 0 spiro atoms. The highest BCUT2D eigenvalue weighted by atomic mass is 16.3. The summed E-state index contributed by atoms with van der Waals surface area (Å²) in [6.45, 7) is 8.03. The van der Waals surface area contributed by atoms with Gasteiger partial charge in [0.2, 0.25) is 0 Å². The largest absolute Gasteiger partial charge is 0.507 e. The molecule has 2 nitrogen and oxygen atoms in total. The van der Waals surface area contributed by atoms with E-state index >= 15 is 0 Å². The van der Waals surface area contributed by atoms with Crippen LogP contribution in [0.15, 0.2) is 78.9 Å². The Morgan fingerprint density at radius 3 is 1.52 bits per heavy atom. The van der Waals surface area contributed by atoms with Crippen LogP contribution in [0.5, 0.6) is 11.5 Å². The number of phenols is 2. The van der Waals surface area contributed by atoms with Gasteiger partial charge in [-0.1, -0.05) is 90.0 Å². The van der Waals surface area contributed by atoms with Crippen LogP contribution in [0.25, 0.3) is 11.1 Å². The van der Waals surface area contributed by atoms with E-state index < -0.39 is 0 Å². The smallest absolute Gasteiger partial charge is 0.121 e. The van der Waals surface area contributed by atoms with E-state index in [9.17, 15) is 10.2 Å². The lowest BCUT2D eigenvalue weighted by Gasteiger charge is -2.21. The van der Waals surface area contributed by atoms with Gasteiger partial charge in [-0.05, 0) is 85.4 Å². The Morgan fingerprint density at radius 2 is 1.03 bits per heavy atom.